The monoisotopic (exact) mass is 206 g/mol. The molecule has 0 saturated heterocycles. The van der Waals surface area contributed by atoms with E-state index in [4.69, 9.17) is 0 Å². The van der Waals surface area contributed by atoms with E-state index in [1.54, 1.807) is 25.1 Å². The summed E-state index contributed by atoms with van der Waals surface area (Å²) in [4.78, 5) is 15.5. The number of ether oxygens (including phenoxy) is 1. The highest BCUT2D eigenvalue weighted by atomic mass is 16.5. The highest BCUT2D eigenvalue weighted by Crippen LogP contribution is 2.11. The molecule has 1 rings (SSSR count). The molecule has 15 heavy (non-hydrogen) atoms. The van der Waals surface area contributed by atoms with Gasteiger partial charge in [0.2, 0.25) is 0 Å². The van der Waals surface area contributed by atoms with Crippen molar-refractivity contribution in [1.82, 2.24) is 4.98 Å². The van der Waals surface area contributed by atoms with Gasteiger partial charge in [-0.1, -0.05) is 6.08 Å². The van der Waals surface area contributed by atoms with E-state index in [2.05, 4.69) is 21.6 Å². The topological polar surface area (TPSA) is 51.2 Å². The molecule has 0 fully saturated rings. The van der Waals surface area contributed by atoms with Gasteiger partial charge in [-0.3, -0.25) is 0 Å². The molecule has 1 aromatic heterocycles. The first-order chi connectivity index (χ1) is 7.19. The van der Waals surface area contributed by atoms with E-state index in [-0.39, 0.29) is 5.97 Å². The molecular weight excluding hydrogens is 192 g/mol. The number of nitrogens with zero attached hydrogens (tertiary/aromatic N) is 1. The number of hydrogen-bond acceptors (Lipinski definition) is 4. The standard InChI is InChI=1S/C11H14N2O2/c1-4-7-12-10-6-5-9(8(2)13-10)11(14)15-3/h4-6H,1,7H2,2-3H3,(H,12,13). The number of esters is 1. The van der Waals surface area contributed by atoms with E-state index < -0.39 is 0 Å². The predicted octanol–water partition coefficient (Wildman–Crippen LogP) is 1.77. The molecule has 0 bridgehead atoms. The maximum atomic E-state index is 11.3. The Bertz CT molecular complexity index is 375. The fourth-order valence-electron chi connectivity index (χ4n) is 1.16. The molecule has 1 heterocycles. The molecule has 1 aromatic rings. The van der Waals surface area contributed by atoms with Crippen LogP contribution in [-0.4, -0.2) is 24.6 Å². The molecule has 0 aliphatic rings. The van der Waals surface area contributed by atoms with Crippen molar-refractivity contribution in [3.05, 3.63) is 36.0 Å². The molecule has 1 N–H and O–H groups in total. The van der Waals surface area contributed by atoms with Crippen molar-refractivity contribution < 1.29 is 9.53 Å². The Kier molecular flexibility index (Phi) is 3.85. The van der Waals surface area contributed by atoms with Crippen LogP contribution in [0, 0.1) is 6.92 Å². The molecule has 0 radical (unpaired) electrons. The molecule has 0 atom stereocenters. The van der Waals surface area contributed by atoms with Crippen molar-refractivity contribution in [3.8, 4) is 0 Å². The van der Waals surface area contributed by atoms with Gasteiger partial charge in [0.05, 0.1) is 18.4 Å². The van der Waals surface area contributed by atoms with Gasteiger partial charge in [0.15, 0.2) is 0 Å². The van der Waals surface area contributed by atoms with Gasteiger partial charge >= 0.3 is 5.97 Å². The summed E-state index contributed by atoms with van der Waals surface area (Å²) in [5.74, 6) is 0.357. The van der Waals surface area contributed by atoms with Crippen LogP contribution < -0.4 is 5.32 Å². The van der Waals surface area contributed by atoms with Gasteiger partial charge in [-0.2, -0.15) is 0 Å². The van der Waals surface area contributed by atoms with E-state index in [1.807, 2.05) is 0 Å². The zero-order valence-electron chi connectivity index (χ0n) is 8.91. The molecule has 80 valence electrons. The Balaban J connectivity index is 2.87. The third kappa shape index (κ3) is 2.80. The summed E-state index contributed by atoms with van der Waals surface area (Å²) >= 11 is 0. The summed E-state index contributed by atoms with van der Waals surface area (Å²) in [7, 11) is 1.35. The Hall–Kier alpha value is -1.84. The average molecular weight is 206 g/mol. The summed E-state index contributed by atoms with van der Waals surface area (Å²) in [6.07, 6.45) is 1.74. The molecule has 0 amide bonds. The van der Waals surface area contributed by atoms with Crippen LogP contribution >= 0.6 is 0 Å². The summed E-state index contributed by atoms with van der Waals surface area (Å²) in [6.45, 7) is 6.00. The molecule has 0 aliphatic heterocycles. The van der Waals surface area contributed by atoms with Crippen LogP contribution in [0.1, 0.15) is 16.1 Å². The van der Waals surface area contributed by atoms with Gasteiger partial charge in [-0.15, -0.1) is 6.58 Å². The van der Waals surface area contributed by atoms with Gasteiger partial charge in [-0.25, -0.2) is 9.78 Å². The zero-order valence-corrected chi connectivity index (χ0v) is 8.91. The van der Waals surface area contributed by atoms with Crippen LogP contribution in [0.4, 0.5) is 5.82 Å². The first kappa shape index (κ1) is 11.2. The smallest absolute Gasteiger partial charge is 0.339 e. The normalized spacial score (nSPS) is 9.47. The molecule has 0 saturated carbocycles. The van der Waals surface area contributed by atoms with Crippen molar-refractivity contribution in [2.24, 2.45) is 0 Å². The van der Waals surface area contributed by atoms with E-state index in [0.717, 1.165) is 5.82 Å². The fourth-order valence-corrected chi connectivity index (χ4v) is 1.16. The molecule has 0 aromatic carbocycles. The lowest BCUT2D eigenvalue weighted by molar-refractivity contribution is 0.0599. The van der Waals surface area contributed by atoms with E-state index in [1.165, 1.54) is 7.11 Å². The van der Waals surface area contributed by atoms with E-state index >= 15 is 0 Å². The lowest BCUT2D eigenvalue weighted by atomic mass is 10.2. The third-order valence-electron chi connectivity index (χ3n) is 1.92. The number of anilines is 1. The van der Waals surface area contributed by atoms with Crippen LogP contribution in [0.3, 0.4) is 0 Å². The number of methoxy groups -OCH3 is 1. The first-order valence-corrected chi connectivity index (χ1v) is 4.59. The molecule has 0 spiro atoms. The van der Waals surface area contributed by atoms with E-state index in [9.17, 15) is 4.79 Å². The Morgan fingerprint density at radius 1 is 1.67 bits per heavy atom. The summed E-state index contributed by atoms with van der Waals surface area (Å²) in [5, 5.41) is 3.04. The summed E-state index contributed by atoms with van der Waals surface area (Å²) in [5.41, 5.74) is 1.14. The summed E-state index contributed by atoms with van der Waals surface area (Å²) < 4.78 is 4.62. The maximum Gasteiger partial charge on any atom is 0.339 e. The highest BCUT2D eigenvalue weighted by Gasteiger charge is 2.09. The highest BCUT2D eigenvalue weighted by molar-refractivity contribution is 5.90. The number of carbonyl (C=O) groups excluding carboxylic acids is 1. The largest absolute Gasteiger partial charge is 0.465 e. The minimum absolute atomic E-state index is 0.365. The lowest BCUT2D eigenvalue weighted by Gasteiger charge is -2.06. The van der Waals surface area contributed by atoms with Crippen LogP contribution in [0.2, 0.25) is 0 Å². The van der Waals surface area contributed by atoms with Crippen LogP contribution in [0.5, 0.6) is 0 Å². The van der Waals surface area contributed by atoms with Gasteiger partial charge in [-0.05, 0) is 19.1 Å². The second kappa shape index (κ2) is 5.14. The molecule has 4 nitrogen and oxygen atoms in total. The number of nitrogens with one attached hydrogen (secondary N) is 1. The number of aryl methyl sites for hydroxylation is 1. The van der Waals surface area contributed by atoms with Crippen molar-refractivity contribution in [1.29, 1.82) is 0 Å². The lowest BCUT2D eigenvalue weighted by Crippen LogP contribution is -2.07. The number of rotatable bonds is 4. The van der Waals surface area contributed by atoms with Crippen molar-refractivity contribution in [2.75, 3.05) is 19.0 Å². The number of pyridine rings is 1. The molecule has 0 unspecified atom stereocenters. The Labute approximate surface area is 89.0 Å². The SMILES string of the molecule is C=CCNc1ccc(C(=O)OC)c(C)n1. The van der Waals surface area contributed by atoms with Crippen LogP contribution in [0.25, 0.3) is 0 Å². The van der Waals surface area contributed by atoms with Crippen molar-refractivity contribution >= 4 is 11.8 Å². The Morgan fingerprint density at radius 3 is 2.93 bits per heavy atom. The average Bonchev–Trinajstić information content (AvgIpc) is 2.25. The van der Waals surface area contributed by atoms with Crippen LogP contribution in [0.15, 0.2) is 24.8 Å². The second-order valence-corrected chi connectivity index (χ2v) is 2.99. The number of aromatic nitrogens is 1. The third-order valence-corrected chi connectivity index (χ3v) is 1.92. The Morgan fingerprint density at radius 2 is 2.40 bits per heavy atom. The predicted molar refractivity (Wildman–Crippen MR) is 59.0 cm³/mol. The quantitative estimate of drug-likeness (QED) is 0.602. The maximum absolute atomic E-state index is 11.3. The van der Waals surface area contributed by atoms with Crippen LogP contribution in [-0.2, 0) is 4.74 Å². The van der Waals surface area contributed by atoms with Crippen molar-refractivity contribution in [2.45, 2.75) is 6.92 Å². The number of hydrogen-bond donors (Lipinski definition) is 1. The minimum Gasteiger partial charge on any atom is -0.465 e. The van der Waals surface area contributed by atoms with Crippen molar-refractivity contribution in [3.63, 3.8) is 0 Å². The number of carbonyl (C=O) groups is 1. The zero-order chi connectivity index (χ0) is 11.3. The first-order valence-electron chi connectivity index (χ1n) is 4.59. The fraction of sp³-hybridized carbons (Fsp3) is 0.273. The van der Waals surface area contributed by atoms with Gasteiger partial charge in [0, 0.05) is 6.54 Å². The molecule has 4 heteroatoms. The second-order valence-electron chi connectivity index (χ2n) is 2.99. The van der Waals surface area contributed by atoms with E-state index in [0.29, 0.717) is 17.8 Å². The molecule has 0 aliphatic carbocycles. The van der Waals surface area contributed by atoms with Gasteiger partial charge in [0.25, 0.3) is 0 Å². The minimum atomic E-state index is -0.365. The van der Waals surface area contributed by atoms with Gasteiger partial charge < -0.3 is 10.1 Å². The van der Waals surface area contributed by atoms with Gasteiger partial charge in [0.1, 0.15) is 5.82 Å². The molecular formula is C11H14N2O2. The summed E-state index contributed by atoms with van der Waals surface area (Å²) in [6, 6.07) is 3.43.